The fraction of sp³-hybridized carbons (Fsp3) is 0.455. The second-order valence-electron chi connectivity index (χ2n) is 3.35. The Balaban J connectivity index is 5.00. The van der Waals surface area contributed by atoms with E-state index in [2.05, 4.69) is 6.58 Å². The molecule has 0 saturated carbocycles. The minimum Gasteiger partial charge on any atom is -0.298 e. The number of rotatable bonds is 4. The third kappa shape index (κ3) is 3.92. The number of thioether (sulfide) groups is 1. The van der Waals surface area contributed by atoms with E-state index in [1.165, 1.54) is 13.8 Å². The number of carbonyl (C=O) groups is 2. The summed E-state index contributed by atoms with van der Waals surface area (Å²) in [5, 5.41) is -0.0594. The van der Waals surface area contributed by atoms with E-state index < -0.39 is 4.75 Å². The van der Waals surface area contributed by atoms with Crippen LogP contribution in [-0.2, 0) is 9.59 Å². The zero-order valence-electron chi connectivity index (χ0n) is 9.09. The second-order valence-corrected chi connectivity index (χ2v) is 4.98. The Morgan fingerprint density at radius 3 is 2.07 bits per heavy atom. The lowest BCUT2D eigenvalue weighted by Gasteiger charge is -2.20. The first-order valence-corrected chi connectivity index (χ1v) is 5.16. The van der Waals surface area contributed by atoms with E-state index in [4.69, 9.17) is 0 Å². The molecule has 3 heteroatoms. The average molecular weight is 212 g/mol. The van der Waals surface area contributed by atoms with Crippen molar-refractivity contribution in [3.8, 4) is 0 Å². The summed E-state index contributed by atoms with van der Waals surface area (Å²) in [6.45, 7) is 10.2. The van der Waals surface area contributed by atoms with Gasteiger partial charge in [0.1, 0.15) is 5.78 Å². The number of hydrogen-bond donors (Lipinski definition) is 0. The molecule has 78 valence electrons. The lowest BCUT2D eigenvalue weighted by Crippen LogP contribution is -2.28. The minimum absolute atomic E-state index is 0.0288. The Bertz CT molecular complexity index is 292. The molecule has 0 N–H and O–H groups in total. The molecule has 0 bridgehead atoms. The lowest BCUT2D eigenvalue weighted by molar-refractivity contribution is -0.118. The summed E-state index contributed by atoms with van der Waals surface area (Å²) in [4.78, 5) is 22.4. The van der Waals surface area contributed by atoms with Gasteiger partial charge in [-0.1, -0.05) is 36.1 Å². The summed E-state index contributed by atoms with van der Waals surface area (Å²) in [5.41, 5.74) is 0.899. The molecule has 0 aliphatic carbocycles. The molecule has 0 radical (unpaired) electrons. The quantitative estimate of drug-likeness (QED) is 0.672. The van der Waals surface area contributed by atoms with Crippen LogP contribution < -0.4 is 0 Å². The highest BCUT2D eigenvalue weighted by molar-refractivity contribution is 8.15. The van der Waals surface area contributed by atoms with E-state index in [-0.39, 0.29) is 10.9 Å². The fourth-order valence-electron chi connectivity index (χ4n) is 0.995. The van der Waals surface area contributed by atoms with E-state index >= 15 is 0 Å². The first kappa shape index (κ1) is 13.2. The molecule has 0 fully saturated rings. The Labute approximate surface area is 89.5 Å². The number of allylic oxidation sites excluding steroid dienone is 2. The van der Waals surface area contributed by atoms with Crippen LogP contribution >= 0.6 is 11.8 Å². The van der Waals surface area contributed by atoms with Gasteiger partial charge in [-0.25, -0.2) is 0 Å². The van der Waals surface area contributed by atoms with Gasteiger partial charge in [-0.15, -0.1) is 0 Å². The number of hydrogen-bond acceptors (Lipinski definition) is 3. The minimum atomic E-state index is -0.760. The van der Waals surface area contributed by atoms with Gasteiger partial charge < -0.3 is 0 Å². The van der Waals surface area contributed by atoms with Crippen LogP contribution in [0.2, 0.25) is 0 Å². The van der Waals surface area contributed by atoms with Gasteiger partial charge in [-0.2, -0.15) is 0 Å². The molecule has 0 saturated heterocycles. The zero-order chi connectivity index (χ0) is 11.4. The normalized spacial score (nSPS) is 15.9. The van der Waals surface area contributed by atoms with Gasteiger partial charge in [0.15, 0.2) is 5.12 Å². The number of Topliss-reactive ketones (excluding diaryl/α,β-unsaturated/α-hetero) is 1. The summed E-state index contributed by atoms with van der Waals surface area (Å²) < 4.78 is -0.760. The lowest BCUT2D eigenvalue weighted by atomic mass is 10.0. The molecule has 2 nitrogen and oxygen atoms in total. The molecule has 0 aliphatic heterocycles. The number of ketones is 1. The molecule has 0 aromatic carbocycles. The van der Waals surface area contributed by atoms with Crippen LogP contribution in [0.15, 0.2) is 24.3 Å². The van der Waals surface area contributed by atoms with Crippen LogP contribution in [0.3, 0.4) is 0 Å². The van der Waals surface area contributed by atoms with Gasteiger partial charge in [0.25, 0.3) is 0 Å². The fourth-order valence-corrected chi connectivity index (χ4v) is 1.98. The highest BCUT2D eigenvalue weighted by Crippen LogP contribution is 2.29. The molecule has 0 heterocycles. The van der Waals surface area contributed by atoms with Crippen LogP contribution in [-0.4, -0.2) is 15.6 Å². The molecule has 0 aromatic rings. The van der Waals surface area contributed by atoms with Crippen molar-refractivity contribution in [2.24, 2.45) is 0 Å². The summed E-state index contributed by atoms with van der Waals surface area (Å²) in [5.74, 6) is -0.0288. The SMILES string of the molecule is C=C/C(C)=C/[C@@](C)(SC(C)=O)C(C)=O. The van der Waals surface area contributed by atoms with Crippen molar-refractivity contribution >= 4 is 22.7 Å². The van der Waals surface area contributed by atoms with Crippen LogP contribution in [0.1, 0.15) is 27.7 Å². The molecular formula is C11H16O2S. The van der Waals surface area contributed by atoms with Crippen LogP contribution in [0.4, 0.5) is 0 Å². The molecular weight excluding hydrogens is 196 g/mol. The van der Waals surface area contributed by atoms with Crippen molar-refractivity contribution in [2.75, 3.05) is 0 Å². The Morgan fingerprint density at radius 2 is 1.79 bits per heavy atom. The standard InChI is InChI=1S/C11H16O2S/c1-6-8(2)7-11(5,9(3)12)14-10(4)13/h6-7H,1H2,2-5H3/b8-7+/t11-/m1/s1. The van der Waals surface area contributed by atoms with E-state index in [1.807, 2.05) is 6.92 Å². The van der Waals surface area contributed by atoms with E-state index in [9.17, 15) is 9.59 Å². The third-order valence-electron chi connectivity index (χ3n) is 1.88. The predicted molar refractivity (Wildman–Crippen MR) is 61.3 cm³/mol. The maximum atomic E-state index is 11.4. The number of carbonyl (C=O) groups excluding carboxylic acids is 2. The second kappa shape index (κ2) is 5.15. The maximum absolute atomic E-state index is 11.4. The average Bonchev–Trinajstić information content (AvgIpc) is 2.02. The van der Waals surface area contributed by atoms with E-state index in [0.717, 1.165) is 17.3 Å². The summed E-state index contributed by atoms with van der Waals surface area (Å²) in [6, 6.07) is 0. The third-order valence-corrected chi connectivity index (χ3v) is 3.00. The molecule has 0 aromatic heterocycles. The van der Waals surface area contributed by atoms with E-state index in [0.29, 0.717) is 0 Å². The Hall–Kier alpha value is -0.830. The molecule has 0 rings (SSSR count). The topological polar surface area (TPSA) is 34.1 Å². The largest absolute Gasteiger partial charge is 0.298 e. The first-order chi connectivity index (χ1) is 6.31. The van der Waals surface area contributed by atoms with E-state index in [1.54, 1.807) is 19.1 Å². The summed E-state index contributed by atoms with van der Waals surface area (Å²) in [6.07, 6.45) is 3.44. The smallest absolute Gasteiger partial charge is 0.187 e. The maximum Gasteiger partial charge on any atom is 0.187 e. The first-order valence-electron chi connectivity index (χ1n) is 4.34. The van der Waals surface area contributed by atoms with Crippen molar-refractivity contribution in [3.63, 3.8) is 0 Å². The zero-order valence-corrected chi connectivity index (χ0v) is 9.90. The van der Waals surface area contributed by atoms with Gasteiger partial charge in [0.05, 0.1) is 4.75 Å². The van der Waals surface area contributed by atoms with Crippen LogP contribution in [0.25, 0.3) is 0 Å². The Morgan fingerprint density at radius 1 is 1.29 bits per heavy atom. The Kier molecular flexibility index (Phi) is 4.85. The van der Waals surface area contributed by atoms with Crippen LogP contribution in [0.5, 0.6) is 0 Å². The highest BCUT2D eigenvalue weighted by atomic mass is 32.2. The summed E-state index contributed by atoms with van der Waals surface area (Å²) >= 11 is 1.04. The predicted octanol–water partition coefficient (Wildman–Crippen LogP) is 2.75. The highest BCUT2D eigenvalue weighted by Gasteiger charge is 2.29. The van der Waals surface area contributed by atoms with Gasteiger partial charge in [-0.05, 0) is 20.8 Å². The molecule has 0 spiro atoms. The van der Waals surface area contributed by atoms with Crippen LogP contribution in [0, 0.1) is 0 Å². The van der Waals surface area contributed by atoms with Crippen molar-refractivity contribution in [2.45, 2.75) is 32.4 Å². The molecule has 14 heavy (non-hydrogen) atoms. The van der Waals surface area contributed by atoms with Gasteiger partial charge in [0.2, 0.25) is 0 Å². The molecule has 0 amide bonds. The molecule has 0 unspecified atom stereocenters. The van der Waals surface area contributed by atoms with Gasteiger partial charge >= 0.3 is 0 Å². The van der Waals surface area contributed by atoms with Gasteiger partial charge in [0, 0.05) is 6.92 Å². The summed E-state index contributed by atoms with van der Waals surface area (Å²) in [7, 11) is 0. The van der Waals surface area contributed by atoms with Crippen molar-refractivity contribution in [1.82, 2.24) is 0 Å². The molecule has 1 atom stereocenters. The van der Waals surface area contributed by atoms with Crippen molar-refractivity contribution in [3.05, 3.63) is 24.3 Å². The monoisotopic (exact) mass is 212 g/mol. The molecule has 0 aliphatic rings. The van der Waals surface area contributed by atoms with Crippen molar-refractivity contribution < 1.29 is 9.59 Å². The van der Waals surface area contributed by atoms with Crippen molar-refractivity contribution in [1.29, 1.82) is 0 Å². The van der Waals surface area contributed by atoms with Gasteiger partial charge in [-0.3, -0.25) is 9.59 Å².